The molecule has 0 aliphatic carbocycles. The van der Waals surface area contributed by atoms with Crippen LogP contribution < -0.4 is 15.0 Å². The molecule has 2 N–H and O–H groups in total. The van der Waals surface area contributed by atoms with Gasteiger partial charge in [0, 0.05) is 37.8 Å². The number of ether oxygens (including phenoxy) is 2. The van der Waals surface area contributed by atoms with Gasteiger partial charge in [-0.15, -0.1) is 0 Å². The van der Waals surface area contributed by atoms with E-state index >= 15 is 0 Å². The van der Waals surface area contributed by atoms with Crippen LogP contribution in [0.4, 0.5) is 15.0 Å². The molecule has 0 spiro atoms. The monoisotopic (exact) mass is 533 g/mol. The number of nitrogens with one attached hydrogen (secondary N) is 1. The smallest absolute Gasteiger partial charge is 0.407 e. The van der Waals surface area contributed by atoms with Gasteiger partial charge in [-0.1, -0.05) is 0 Å². The lowest BCUT2D eigenvalue weighted by Crippen LogP contribution is -2.62. The number of nitrogens with zero attached hydrogens (tertiary/aromatic N) is 6. The van der Waals surface area contributed by atoms with Crippen molar-refractivity contribution in [2.45, 2.75) is 76.5 Å². The number of nitriles is 1. The highest BCUT2D eigenvalue weighted by Crippen LogP contribution is 2.32. The first kappa shape index (κ1) is 27.8. The molecule has 208 valence electrons. The highest BCUT2D eigenvalue weighted by atomic mass is 19.1. The van der Waals surface area contributed by atoms with Crippen LogP contribution in [-0.2, 0) is 22.5 Å². The molecule has 0 aromatic carbocycles. The van der Waals surface area contributed by atoms with Gasteiger partial charge in [0.25, 0.3) is 0 Å². The fourth-order valence-corrected chi connectivity index (χ4v) is 5.24. The van der Waals surface area contributed by atoms with E-state index in [1.54, 1.807) is 20.8 Å². The summed E-state index contributed by atoms with van der Waals surface area (Å²) in [6, 6.07) is 0.720. The maximum absolute atomic E-state index is 13.9. The number of alkyl halides is 1. The van der Waals surface area contributed by atoms with Crippen LogP contribution in [0.15, 0.2) is 0 Å². The van der Waals surface area contributed by atoms with Gasteiger partial charge >= 0.3 is 18.1 Å². The first-order chi connectivity index (χ1) is 18.0. The highest BCUT2D eigenvalue weighted by Gasteiger charge is 2.42. The Morgan fingerprint density at radius 1 is 1.29 bits per heavy atom. The molecule has 1 unspecified atom stereocenters. The lowest BCUT2D eigenvalue weighted by molar-refractivity contribution is -0.157. The van der Waals surface area contributed by atoms with Gasteiger partial charge in [-0.05, 0) is 40.7 Å². The lowest BCUT2D eigenvalue weighted by atomic mass is 9.98. The van der Waals surface area contributed by atoms with E-state index in [0.717, 1.165) is 5.56 Å². The number of anilines is 1. The minimum absolute atomic E-state index is 0.0417. The lowest BCUT2D eigenvalue weighted by Gasteiger charge is -2.42. The van der Waals surface area contributed by atoms with Crippen LogP contribution in [0.5, 0.6) is 6.01 Å². The van der Waals surface area contributed by atoms with Crippen LogP contribution >= 0.6 is 0 Å². The van der Waals surface area contributed by atoms with Gasteiger partial charge in [0.15, 0.2) is 0 Å². The number of piperazine rings is 1. The zero-order chi connectivity index (χ0) is 27.6. The van der Waals surface area contributed by atoms with Crippen molar-refractivity contribution in [1.82, 2.24) is 25.1 Å². The standard InChI is InChI=1S/C25H36FN7O5/c1-25(2,3)38-22(34)20-18(5-7-27)28-8-10-33(20)21-17-6-9-32(24(35)36)13-19(17)29-23(30-21)37-14-16-11-15(26)12-31(16)4/h15-16,18,20,28H,5-6,8-14H2,1-4H3,(H,35,36)/t15-,16+,18+,20?/m1/s1. The Balaban J connectivity index is 1.71. The van der Waals surface area contributed by atoms with Gasteiger partial charge in [-0.3, -0.25) is 4.90 Å². The molecule has 4 rings (SSSR count). The molecule has 3 aliphatic rings. The van der Waals surface area contributed by atoms with Gasteiger partial charge < -0.3 is 29.7 Å². The SMILES string of the molecule is CN1C[C@H](F)C[C@H]1COc1nc2c(c(N3CCN[C@@H](CC#N)C3C(=O)OC(C)(C)C)n1)CCN(C(=O)O)C2. The Morgan fingerprint density at radius 3 is 2.68 bits per heavy atom. The first-order valence-electron chi connectivity index (χ1n) is 12.9. The number of fused-ring (bicyclic) bond motifs is 1. The van der Waals surface area contributed by atoms with Crippen molar-refractivity contribution in [2.24, 2.45) is 0 Å². The van der Waals surface area contributed by atoms with Crippen molar-refractivity contribution in [3.63, 3.8) is 0 Å². The molecule has 2 fully saturated rings. The maximum atomic E-state index is 13.9. The van der Waals surface area contributed by atoms with Gasteiger partial charge in [0.1, 0.15) is 30.2 Å². The summed E-state index contributed by atoms with van der Waals surface area (Å²) in [5, 5.41) is 22.3. The van der Waals surface area contributed by atoms with Crippen molar-refractivity contribution in [2.75, 3.05) is 44.7 Å². The van der Waals surface area contributed by atoms with Crippen LogP contribution in [0, 0.1) is 11.3 Å². The number of likely N-dealkylation sites (tertiary alicyclic amines) is 1. The molecule has 4 atom stereocenters. The summed E-state index contributed by atoms with van der Waals surface area (Å²) in [6.07, 6.45) is -1.19. The third-order valence-electron chi connectivity index (χ3n) is 7.04. The molecule has 13 heteroatoms. The quantitative estimate of drug-likeness (QED) is 0.511. The fourth-order valence-electron chi connectivity index (χ4n) is 5.24. The van der Waals surface area contributed by atoms with Gasteiger partial charge in [-0.25, -0.2) is 14.0 Å². The number of amides is 1. The molecule has 0 radical (unpaired) electrons. The molecular weight excluding hydrogens is 497 g/mol. The molecule has 4 heterocycles. The van der Waals surface area contributed by atoms with Gasteiger partial charge in [0.05, 0.1) is 30.8 Å². The molecule has 38 heavy (non-hydrogen) atoms. The number of hydrogen-bond donors (Lipinski definition) is 2. The summed E-state index contributed by atoms with van der Waals surface area (Å²) in [4.78, 5) is 39.3. The second-order valence-corrected chi connectivity index (χ2v) is 11.0. The number of halogens is 1. The van der Waals surface area contributed by atoms with E-state index in [4.69, 9.17) is 14.5 Å². The maximum Gasteiger partial charge on any atom is 0.407 e. The molecule has 0 saturated carbocycles. The van der Waals surface area contributed by atoms with E-state index in [1.807, 2.05) is 16.8 Å². The number of hydrogen-bond acceptors (Lipinski definition) is 10. The molecule has 3 aliphatic heterocycles. The Bertz CT molecular complexity index is 1090. The molecule has 1 aromatic heterocycles. The molecule has 0 bridgehead atoms. The predicted molar refractivity (Wildman–Crippen MR) is 135 cm³/mol. The van der Waals surface area contributed by atoms with Gasteiger partial charge in [0.2, 0.25) is 0 Å². The zero-order valence-corrected chi connectivity index (χ0v) is 22.3. The van der Waals surface area contributed by atoms with E-state index in [2.05, 4.69) is 16.4 Å². The van der Waals surface area contributed by atoms with Crippen molar-refractivity contribution < 1.29 is 28.6 Å². The number of esters is 1. The van der Waals surface area contributed by atoms with Crippen molar-refractivity contribution >= 4 is 17.9 Å². The van der Waals surface area contributed by atoms with E-state index < -0.39 is 35.9 Å². The van der Waals surface area contributed by atoms with Crippen molar-refractivity contribution in [3.05, 3.63) is 11.3 Å². The third-order valence-corrected chi connectivity index (χ3v) is 7.04. The fraction of sp³-hybridized carbons (Fsp3) is 0.720. The van der Waals surface area contributed by atoms with E-state index in [-0.39, 0.29) is 38.2 Å². The minimum Gasteiger partial charge on any atom is -0.465 e. The Kier molecular flexibility index (Phi) is 8.22. The normalized spacial score (nSPS) is 26.0. The topological polar surface area (TPSA) is 144 Å². The van der Waals surface area contributed by atoms with E-state index in [1.165, 1.54) is 4.90 Å². The molecular formula is C25H36FN7O5. The molecule has 2 saturated heterocycles. The summed E-state index contributed by atoms with van der Waals surface area (Å²) in [6.45, 7) is 7.08. The summed E-state index contributed by atoms with van der Waals surface area (Å²) < 4.78 is 25.5. The Hall–Kier alpha value is -3.24. The van der Waals surface area contributed by atoms with Crippen molar-refractivity contribution in [3.8, 4) is 12.1 Å². The van der Waals surface area contributed by atoms with Crippen LogP contribution in [0.1, 0.15) is 44.9 Å². The molecule has 1 aromatic rings. The van der Waals surface area contributed by atoms with Crippen LogP contribution in [0.3, 0.4) is 0 Å². The van der Waals surface area contributed by atoms with E-state index in [9.17, 15) is 24.3 Å². The summed E-state index contributed by atoms with van der Waals surface area (Å²) >= 11 is 0. The molecule has 12 nitrogen and oxygen atoms in total. The summed E-state index contributed by atoms with van der Waals surface area (Å²) in [5.74, 6) is -0.0113. The van der Waals surface area contributed by atoms with Gasteiger partial charge in [-0.2, -0.15) is 15.2 Å². The average molecular weight is 534 g/mol. The second kappa shape index (κ2) is 11.2. The molecule has 1 amide bonds. The van der Waals surface area contributed by atoms with Crippen LogP contribution in [0.2, 0.25) is 0 Å². The number of carbonyl (C=O) groups is 2. The first-order valence-corrected chi connectivity index (χ1v) is 12.9. The predicted octanol–water partition coefficient (Wildman–Crippen LogP) is 1.34. The highest BCUT2D eigenvalue weighted by molar-refractivity contribution is 5.82. The largest absolute Gasteiger partial charge is 0.465 e. The summed E-state index contributed by atoms with van der Waals surface area (Å²) in [7, 11) is 1.83. The average Bonchev–Trinajstić information content (AvgIpc) is 3.17. The third kappa shape index (κ3) is 6.24. The zero-order valence-electron chi connectivity index (χ0n) is 22.3. The van der Waals surface area contributed by atoms with Crippen LogP contribution in [0.25, 0.3) is 0 Å². The second-order valence-electron chi connectivity index (χ2n) is 11.0. The number of carbonyl (C=O) groups excluding carboxylic acids is 1. The van der Waals surface area contributed by atoms with E-state index in [0.29, 0.717) is 44.0 Å². The Labute approximate surface area is 221 Å². The number of aromatic nitrogens is 2. The van der Waals surface area contributed by atoms with Crippen LogP contribution in [-0.4, -0.2) is 107 Å². The number of likely N-dealkylation sites (N-methyl/N-ethyl adjacent to an activating group) is 1. The Morgan fingerprint density at radius 2 is 2.05 bits per heavy atom. The number of rotatable bonds is 6. The number of carboxylic acid groups (broad SMARTS) is 1. The minimum atomic E-state index is -1.05. The summed E-state index contributed by atoms with van der Waals surface area (Å²) in [5.41, 5.74) is 0.503. The van der Waals surface area contributed by atoms with Crippen molar-refractivity contribution in [1.29, 1.82) is 5.26 Å².